The van der Waals surface area contributed by atoms with Crippen LogP contribution < -0.4 is 0 Å². The Morgan fingerprint density at radius 3 is 2.59 bits per heavy atom. The highest BCUT2D eigenvalue weighted by atomic mass is 32.1. The second-order valence-electron chi connectivity index (χ2n) is 3.81. The molecule has 0 amide bonds. The minimum Gasteiger partial charge on any atom is -0.435 e. The maximum atomic E-state index is 5.77. The van der Waals surface area contributed by atoms with E-state index < -0.39 is 0 Å². The largest absolute Gasteiger partial charge is 0.435 e. The van der Waals surface area contributed by atoms with Crippen molar-refractivity contribution in [2.45, 2.75) is 6.92 Å². The number of oxazole rings is 1. The summed E-state index contributed by atoms with van der Waals surface area (Å²) in [6.07, 6.45) is 1.78. The predicted molar refractivity (Wildman–Crippen MR) is 70.0 cm³/mol. The van der Waals surface area contributed by atoms with Crippen molar-refractivity contribution in [3.8, 4) is 22.1 Å². The van der Waals surface area contributed by atoms with Gasteiger partial charge in [-0.15, -0.1) is 11.3 Å². The molecule has 84 valence electrons. The van der Waals surface area contributed by atoms with Gasteiger partial charge in [0.1, 0.15) is 0 Å². The SMILES string of the molecule is Cc1ccc(-c2ncc(-c3ccccc3)o2)s1. The molecule has 2 aromatic heterocycles. The zero-order valence-corrected chi connectivity index (χ0v) is 10.2. The average molecular weight is 241 g/mol. The summed E-state index contributed by atoms with van der Waals surface area (Å²) in [7, 11) is 0. The van der Waals surface area contributed by atoms with Crippen molar-refractivity contribution in [1.29, 1.82) is 0 Å². The van der Waals surface area contributed by atoms with E-state index in [1.165, 1.54) is 4.88 Å². The first-order chi connectivity index (χ1) is 8.33. The second-order valence-corrected chi connectivity index (χ2v) is 5.09. The fourth-order valence-electron chi connectivity index (χ4n) is 1.67. The zero-order chi connectivity index (χ0) is 11.7. The van der Waals surface area contributed by atoms with Crippen molar-refractivity contribution in [3.05, 3.63) is 53.5 Å². The van der Waals surface area contributed by atoms with Crippen LogP contribution in [0.5, 0.6) is 0 Å². The van der Waals surface area contributed by atoms with Crippen LogP contribution in [0.25, 0.3) is 22.1 Å². The molecule has 17 heavy (non-hydrogen) atoms. The molecular formula is C14H11NOS. The number of rotatable bonds is 2. The molecule has 0 aliphatic rings. The van der Waals surface area contributed by atoms with E-state index in [0.29, 0.717) is 5.89 Å². The maximum absolute atomic E-state index is 5.77. The lowest BCUT2D eigenvalue weighted by Crippen LogP contribution is -1.70. The van der Waals surface area contributed by atoms with Gasteiger partial charge in [0.25, 0.3) is 0 Å². The molecule has 3 rings (SSSR count). The molecule has 0 unspecified atom stereocenters. The molecule has 0 bridgehead atoms. The van der Waals surface area contributed by atoms with Crippen molar-refractivity contribution in [1.82, 2.24) is 4.98 Å². The first-order valence-electron chi connectivity index (χ1n) is 5.41. The van der Waals surface area contributed by atoms with Gasteiger partial charge in [0.15, 0.2) is 5.76 Å². The third-order valence-electron chi connectivity index (χ3n) is 2.52. The minimum atomic E-state index is 0.696. The molecule has 0 aliphatic carbocycles. The van der Waals surface area contributed by atoms with Crippen LogP contribution in [0.1, 0.15) is 4.88 Å². The molecule has 0 fully saturated rings. The van der Waals surface area contributed by atoms with Crippen molar-refractivity contribution in [2.75, 3.05) is 0 Å². The number of thiophene rings is 1. The maximum Gasteiger partial charge on any atom is 0.236 e. The molecule has 3 heteroatoms. The topological polar surface area (TPSA) is 26.0 Å². The second kappa shape index (κ2) is 4.18. The van der Waals surface area contributed by atoms with Crippen LogP contribution in [-0.2, 0) is 0 Å². The summed E-state index contributed by atoms with van der Waals surface area (Å²) in [6, 6.07) is 14.1. The van der Waals surface area contributed by atoms with E-state index in [1.807, 2.05) is 36.4 Å². The fourth-order valence-corrected chi connectivity index (χ4v) is 2.47. The molecule has 0 N–H and O–H groups in total. The van der Waals surface area contributed by atoms with Crippen LogP contribution >= 0.6 is 11.3 Å². The first-order valence-corrected chi connectivity index (χ1v) is 6.22. The summed E-state index contributed by atoms with van der Waals surface area (Å²) in [5, 5.41) is 0. The molecule has 3 aromatic rings. The number of nitrogens with zero attached hydrogens (tertiary/aromatic N) is 1. The van der Waals surface area contributed by atoms with Crippen molar-refractivity contribution in [3.63, 3.8) is 0 Å². The molecule has 2 heterocycles. The highest BCUT2D eigenvalue weighted by Gasteiger charge is 2.09. The van der Waals surface area contributed by atoms with Crippen LogP contribution in [0, 0.1) is 6.92 Å². The Morgan fingerprint density at radius 2 is 1.88 bits per heavy atom. The Labute approximate surface area is 104 Å². The summed E-state index contributed by atoms with van der Waals surface area (Å²) in [4.78, 5) is 6.66. The van der Waals surface area contributed by atoms with Crippen LogP contribution in [0.2, 0.25) is 0 Å². The van der Waals surface area contributed by atoms with Crippen LogP contribution in [0.3, 0.4) is 0 Å². The molecule has 1 aromatic carbocycles. The third-order valence-corrected chi connectivity index (χ3v) is 3.50. The zero-order valence-electron chi connectivity index (χ0n) is 9.38. The van der Waals surface area contributed by atoms with Gasteiger partial charge in [-0.2, -0.15) is 0 Å². The summed E-state index contributed by atoms with van der Waals surface area (Å²) in [5.74, 6) is 1.51. The normalized spacial score (nSPS) is 10.6. The van der Waals surface area contributed by atoms with E-state index in [4.69, 9.17) is 4.42 Å². The number of hydrogen-bond acceptors (Lipinski definition) is 3. The van der Waals surface area contributed by atoms with Crippen LogP contribution in [0.4, 0.5) is 0 Å². The summed E-state index contributed by atoms with van der Waals surface area (Å²) in [6.45, 7) is 2.08. The predicted octanol–water partition coefficient (Wildman–Crippen LogP) is 4.38. The smallest absolute Gasteiger partial charge is 0.236 e. The lowest BCUT2D eigenvalue weighted by molar-refractivity contribution is 0.590. The number of aromatic nitrogens is 1. The highest BCUT2D eigenvalue weighted by molar-refractivity contribution is 7.15. The minimum absolute atomic E-state index is 0.696. The fraction of sp³-hybridized carbons (Fsp3) is 0.0714. The van der Waals surface area contributed by atoms with Gasteiger partial charge in [0.2, 0.25) is 5.89 Å². The Balaban J connectivity index is 1.99. The van der Waals surface area contributed by atoms with Gasteiger partial charge in [-0.25, -0.2) is 4.98 Å². The van der Waals surface area contributed by atoms with E-state index in [-0.39, 0.29) is 0 Å². The van der Waals surface area contributed by atoms with Crippen molar-refractivity contribution in [2.24, 2.45) is 0 Å². The standard InChI is InChI=1S/C14H11NOS/c1-10-7-8-13(17-10)14-15-9-12(16-14)11-5-3-2-4-6-11/h2-9H,1H3. The summed E-state index contributed by atoms with van der Waals surface area (Å²) >= 11 is 1.69. The number of aryl methyl sites for hydroxylation is 1. The number of benzene rings is 1. The van der Waals surface area contributed by atoms with E-state index in [0.717, 1.165) is 16.2 Å². The van der Waals surface area contributed by atoms with Gasteiger partial charge in [0.05, 0.1) is 11.1 Å². The summed E-state index contributed by atoms with van der Waals surface area (Å²) in [5.41, 5.74) is 1.06. The van der Waals surface area contributed by atoms with Crippen LogP contribution in [0.15, 0.2) is 53.1 Å². The lowest BCUT2D eigenvalue weighted by atomic mass is 10.2. The van der Waals surface area contributed by atoms with Crippen molar-refractivity contribution >= 4 is 11.3 Å². The Morgan fingerprint density at radius 1 is 1.06 bits per heavy atom. The molecule has 0 saturated carbocycles. The third kappa shape index (κ3) is 2.01. The van der Waals surface area contributed by atoms with E-state index in [9.17, 15) is 0 Å². The van der Waals surface area contributed by atoms with Gasteiger partial charge in [-0.1, -0.05) is 30.3 Å². The van der Waals surface area contributed by atoms with E-state index in [1.54, 1.807) is 17.5 Å². The molecule has 0 radical (unpaired) electrons. The molecule has 0 saturated heterocycles. The molecule has 0 spiro atoms. The highest BCUT2D eigenvalue weighted by Crippen LogP contribution is 2.30. The van der Waals surface area contributed by atoms with E-state index >= 15 is 0 Å². The Kier molecular flexibility index (Phi) is 2.53. The molecular weight excluding hydrogens is 230 g/mol. The average Bonchev–Trinajstić information content (AvgIpc) is 2.98. The van der Waals surface area contributed by atoms with Crippen molar-refractivity contribution < 1.29 is 4.42 Å². The Hall–Kier alpha value is -1.87. The molecule has 0 atom stereocenters. The van der Waals surface area contributed by atoms with Gasteiger partial charge < -0.3 is 4.42 Å². The van der Waals surface area contributed by atoms with Gasteiger partial charge in [0, 0.05) is 10.4 Å². The Bertz CT molecular complexity index is 624. The quantitative estimate of drug-likeness (QED) is 0.665. The van der Waals surface area contributed by atoms with Gasteiger partial charge in [-0.05, 0) is 19.1 Å². The van der Waals surface area contributed by atoms with Gasteiger partial charge in [-0.3, -0.25) is 0 Å². The van der Waals surface area contributed by atoms with Gasteiger partial charge >= 0.3 is 0 Å². The van der Waals surface area contributed by atoms with E-state index in [2.05, 4.69) is 18.0 Å². The monoisotopic (exact) mass is 241 g/mol. The summed E-state index contributed by atoms with van der Waals surface area (Å²) < 4.78 is 5.77. The molecule has 0 aliphatic heterocycles. The molecule has 2 nitrogen and oxygen atoms in total. The number of hydrogen-bond donors (Lipinski definition) is 0. The van der Waals surface area contributed by atoms with Crippen LogP contribution in [-0.4, -0.2) is 4.98 Å². The lowest BCUT2D eigenvalue weighted by Gasteiger charge is -1.93. The first kappa shape index (κ1) is 10.3.